The van der Waals surface area contributed by atoms with Crippen LogP contribution in [-0.2, 0) is 38.5 Å². The number of rotatable bonds is 21. The summed E-state index contributed by atoms with van der Waals surface area (Å²) in [6, 6.07) is 43.8. The van der Waals surface area contributed by atoms with Gasteiger partial charge in [-0.3, -0.25) is 28.8 Å². The number of methoxy groups -OCH3 is 2. The molecule has 30 nitrogen and oxygen atoms in total. The summed E-state index contributed by atoms with van der Waals surface area (Å²) in [6.45, 7) is 16.8. The van der Waals surface area contributed by atoms with Crippen LogP contribution >= 0.6 is 0 Å². The lowest BCUT2D eigenvalue weighted by Crippen LogP contribution is -2.30. The van der Waals surface area contributed by atoms with Gasteiger partial charge in [0, 0.05) is 52.7 Å². The van der Waals surface area contributed by atoms with Crippen molar-refractivity contribution in [3.05, 3.63) is 309 Å². The van der Waals surface area contributed by atoms with Crippen molar-refractivity contribution in [1.29, 1.82) is 0 Å². The maximum absolute atomic E-state index is 14.1. The van der Waals surface area contributed by atoms with Crippen LogP contribution in [-0.4, -0.2) is 139 Å². The molecule has 13 rings (SSSR count). The molecule has 6 aromatic heterocycles. The third kappa shape index (κ3) is 22.8. The summed E-state index contributed by atoms with van der Waals surface area (Å²) in [7, 11) is 2.97. The fourth-order valence-electron chi connectivity index (χ4n) is 13.8. The number of para-hydroxylation sites is 1. The van der Waals surface area contributed by atoms with Crippen LogP contribution in [0.25, 0.3) is 67.5 Å². The number of carbonyl (C=O) groups is 6. The third-order valence-electron chi connectivity index (χ3n) is 20.3. The molecule has 1 aliphatic heterocycles. The van der Waals surface area contributed by atoms with E-state index in [9.17, 15) is 86.7 Å². The molecule has 7 heterocycles. The Bertz CT molecular complexity index is 6260. The van der Waals surface area contributed by atoms with Crippen molar-refractivity contribution in [1.82, 2.24) is 29.9 Å². The number of hydrogen-bond acceptors (Lipinski definition) is 18. The van der Waals surface area contributed by atoms with Crippen LogP contribution in [0, 0.1) is 25.5 Å². The van der Waals surface area contributed by atoms with E-state index in [1.807, 2.05) is 107 Å². The first-order valence-corrected chi connectivity index (χ1v) is 39.4. The van der Waals surface area contributed by atoms with Gasteiger partial charge in [0.1, 0.15) is 57.1 Å². The predicted octanol–water partition coefficient (Wildman–Crippen LogP) is 14.8. The summed E-state index contributed by atoms with van der Waals surface area (Å²) >= 11 is 0. The van der Waals surface area contributed by atoms with Crippen LogP contribution in [0.4, 0.5) is 14.5 Å². The highest BCUT2D eigenvalue weighted by Crippen LogP contribution is 2.38. The van der Waals surface area contributed by atoms with Crippen LogP contribution in [0.1, 0.15) is 167 Å². The van der Waals surface area contributed by atoms with E-state index >= 15 is 0 Å². The van der Waals surface area contributed by atoms with Crippen molar-refractivity contribution in [2.24, 2.45) is 0 Å². The number of aromatic carboxylic acids is 6. The van der Waals surface area contributed by atoms with Gasteiger partial charge in [0.05, 0.1) is 48.4 Å². The zero-order valence-electron chi connectivity index (χ0n) is 69.7. The number of carboxylic acid groups (broad SMARTS) is 6. The fraction of sp³-hybridized carbons (Fsp3) is 0.226. The summed E-state index contributed by atoms with van der Waals surface area (Å²) < 4.78 is 37.0. The Morgan fingerprint density at radius 1 is 0.352 bits per heavy atom. The number of nitrogens with zero attached hydrogens (tertiary/aromatic N) is 1. The Morgan fingerprint density at radius 2 is 0.672 bits per heavy atom. The average Bonchev–Trinajstić information content (AvgIpc) is 0.774. The van der Waals surface area contributed by atoms with Crippen molar-refractivity contribution < 1.29 is 93.0 Å². The lowest BCUT2D eigenvalue weighted by Gasteiger charge is -2.31. The molecule has 15 N–H and O–H groups in total. The second-order valence-corrected chi connectivity index (χ2v) is 28.2. The number of benzene rings is 6. The molecule has 0 unspecified atom stereocenters. The number of aromatic nitrogens is 6. The number of carboxylic acids is 6. The van der Waals surface area contributed by atoms with E-state index in [2.05, 4.69) is 34.8 Å². The van der Waals surface area contributed by atoms with Crippen LogP contribution in [0.15, 0.2) is 186 Å². The smallest absolute Gasteiger partial charge is 0.345 e. The SMILES string of the molecule is CCc1c(-c2ccc(C)cc2)[nH]c(=O)c(C(=O)O)c1O.CCc1c(-c2ccc(OC)cc2)[nH]c(=O)c(C(=O)O)c1O.CCc1c(-c2ccccc2N2CCCCC2)[nH]c(=O)c(C(=O)O)c1O.CCc1cc(C(=O)O)c(=O)[nH]c1-c1ccc(C)cc1.CCc1cc(C(=O)O)c(=O)[nH]c1-c1ccc(F)cc1.CCc1cc(C(=O)O)c(=O)[nH]c1-c1ccc(OC)cc1F. The van der Waals surface area contributed by atoms with E-state index in [1.165, 1.54) is 56.0 Å². The number of halogens is 2. The van der Waals surface area contributed by atoms with Gasteiger partial charge in [0.2, 0.25) is 0 Å². The van der Waals surface area contributed by atoms with Gasteiger partial charge in [-0.1, -0.05) is 119 Å². The predicted molar refractivity (Wildman–Crippen MR) is 467 cm³/mol. The lowest BCUT2D eigenvalue weighted by atomic mass is 9.98. The standard InChI is InChI=1S/C19H22N2O4.C15H14FNO4.C15H15NO5.C15H15NO4.C15H15NO3.C14H12FNO3/c1-2-12-16(20-18(23)15(17(12)22)19(24)25)13-8-4-5-9-14(13)21-10-6-3-7-11-21;1-3-8-6-11(15(19)20)14(18)17-13(8)10-5-4-9(21-2)7-12(10)16;1-3-10-12(8-4-6-9(21-2)7-5-8)16-14(18)11(13(10)17)15(19)20;1-3-10-12(9-6-4-8(2)5-7-9)16-14(18)11(13(10)17)15(19)20;1-3-10-8-12(15(18)19)14(17)16-13(10)11-6-4-9(2)5-7-11;1-2-8-7-11(14(18)19)13(17)16-12(8)9-3-5-10(15)6-4-9/h4-5,8-9H,2-3,6-7,10-11H2,1H3,(H,24,25)(H2,20,22,23);4-7H,3H2,1-2H3,(H,17,18)(H,19,20);4-7H,3H2,1-2H3,(H,19,20)(H2,16,17,18);4-7H,3H2,1-2H3,(H,19,20)(H2,16,17,18);4-8H,3H2,1-2H3,(H,16,17)(H,18,19);3-7H,2H2,1H3,(H,16,17)(H,18,19). The highest BCUT2D eigenvalue weighted by Gasteiger charge is 2.28. The first-order chi connectivity index (χ1) is 59.5. The van der Waals surface area contributed by atoms with E-state index in [0.717, 1.165) is 65.0 Å². The normalized spacial score (nSPS) is 11.2. The van der Waals surface area contributed by atoms with Gasteiger partial charge in [-0.2, -0.15) is 0 Å². The number of H-pyrrole nitrogens is 6. The molecule has 0 saturated carbocycles. The van der Waals surface area contributed by atoms with Crippen LogP contribution in [0.2, 0.25) is 0 Å². The molecule has 0 radical (unpaired) electrons. The quantitative estimate of drug-likeness (QED) is 0.0318. The number of ether oxygens (including phenoxy) is 2. The molecular weight excluding hydrogens is 1620 g/mol. The molecule has 125 heavy (non-hydrogen) atoms. The fourth-order valence-corrected chi connectivity index (χ4v) is 13.8. The Balaban J connectivity index is 0.000000186. The van der Waals surface area contributed by atoms with E-state index in [-0.39, 0.29) is 33.8 Å². The molecule has 1 aliphatic rings. The van der Waals surface area contributed by atoms with Crippen LogP contribution in [0.3, 0.4) is 0 Å². The number of piperidine rings is 1. The van der Waals surface area contributed by atoms with Gasteiger partial charge < -0.3 is 90.2 Å². The Kier molecular flexibility index (Phi) is 32.8. The zero-order chi connectivity index (χ0) is 92.0. The second-order valence-electron chi connectivity index (χ2n) is 28.2. The molecule has 0 bridgehead atoms. The Labute approximate surface area is 712 Å². The minimum Gasteiger partial charge on any atom is -0.506 e. The minimum atomic E-state index is -1.45. The highest BCUT2D eigenvalue weighted by atomic mass is 19.1. The summed E-state index contributed by atoms with van der Waals surface area (Å²) in [6.07, 6.45) is 6.32. The monoisotopic (exact) mass is 1710 g/mol. The van der Waals surface area contributed by atoms with Gasteiger partial charge in [-0.25, -0.2) is 37.5 Å². The van der Waals surface area contributed by atoms with Crippen LogP contribution in [0.5, 0.6) is 28.7 Å². The van der Waals surface area contributed by atoms with Gasteiger partial charge in [0.25, 0.3) is 33.4 Å². The van der Waals surface area contributed by atoms with E-state index in [1.54, 1.807) is 70.3 Å². The molecule has 12 aromatic rings. The first-order valence-electron chi connectivity index (χ1n) is 39.4. The van der Waals surface area contributed by atoms with Crippen LogP contribution < -0.4 is 47.7 Å². The molecule has 1 fully saturated rings. The van der Waals surface area contributed by atoms with Crippen molar-refractivity contribution in [3.8, 4) is 96.3 Å². The Hall–Kier alpha value is -15.5. The topological polar surface area (TPSA) is 503 Å². The summed E-state index contributed by atoms with van der Waals surface area (Å²) in [5.41, 5.74) is 6.20. The number of aryl methyl sites for hydroxylation is 5. The summed E-state index contributed by atoms with van der Waals surface area (Å²) in [5.74, 6) is -9.39. The number of anilines is 1. The largest absolute Gasteiger partial charge is 0.506 e. The van der Waals surface area contributed by atoms with Gasteiger partial charge in [0.15, 0.2) is 16.7 Å². The van der Waals surface area contributed by atoms with E-state index in [0.29, 0.717) is 117 Å². The molecule has 0 aliphatic carbocycles. The van der Waals surface area contributed by atoms with Gasteiger partial charge in [-0.05, 0) is 196 Å². The molecule has 1 saturated heterocycles. The molecule has 0 atom stereocenters. The lowest BCUT2D eigenvalue weighted by molar-refractivity contribution is 0.0680. The van der Waals surface area contributed by atoms with Gasteiger partial charge >= 0.3 is 35.8 Å². The maximum Gasteiger partial charge on any atom is 0.345 e. The van der Waals surface area contributed by atoms with Crippen molar-refractivity contribution in [2.45, 2.75) is 113 Å². The van der Waals surface area contributed by atoms with Crippen molar-refractivity contribution >= 4 is 41.5 Å². The summed E-state index contributed by atoms with van der Waals surface area (Å²) in [4.78, 5) is 155. The third-order valence-corrected chi connectivity index (χ3v) is 20.3. The van der Waals surface area contributed by atoms with E-state index < -0.39 is 109 Å². The zero-order valence-corrected chi connectivity index (χ0v) is 69.7. The molecule has 6 aromatic carbocycles. The van der Waals surface area contributed by atoms with E-state index in [4.69, 9.17) is 35.0 Å². The molecule has 652 valence electrons. The minimum absolute atomic E-state index is 0.196. The number of nitrogens with one attached hydrogen (secondary N) is 6. The summed E-state index contributed by atoms with van der Waals surface area (Å²) in [5, 5.41) is 84.5. The number of aromatic hydroxyl groups is 3. The second kappa shape index (κ2) is 43.1. The average molecular weight is 1710 g/mol. The molecule has 32 heteroatoms. The number of pyridine rings is 6. The number of hydrogen-bond donors (Lipinski definition) is 15. The first kappa shape index (κ1) is 95.0. The van der Waals surface area contributed by atoms with Crippen molar-refractivity contribution in [2.75, 3.05) is 32.2 Å². The molecule has 0 spiro atoms. The maximum atomic E-state index is 14.1. The number of aromatic amines is 6. The highest BCUT2D eigenvalue weighted by molar-refractivity contribution is 5.95. The molecular formula is C93H93F2N7O23. The van der Waals surface area contributed by atoms with Gasteiger partial charge in [-0.15, -0.1) is 0 Å². The Morgan fingerprint density at radius 3 is 1.02 bits per heavy atom. The van der Waals surface area contributed by atoms with Crippen molar-refractivity contribution in [3.63, 3.8) is 0 Å². The molecule has 0 amide bonds.